The van der Waals surface area contributed by atoms with Crippen LogP contribution in [0, 0.1) is 13.8 Å². The number of carbonyl (C=O) groups excluding carboxylic acids is 1. The third-order valence-corrected chi connectivity index (χ3v) is 5.94. The Morgan fingerprint density at radius 2 is 2.00 bits per heavy atom. The summed E-state index contributed by atoms with van der Waals surface area (Å²) in [6.45, 7) is 5.52. The molecule has 1 N–H and O–H groups in total. The van der Waals surface area contributed by atoms with E-state index in [4.69, 9.17) is 4.98 Å². The highest BCUT2D eigenvalue weighted by atomic mass is 16.2. The molecule has 1 aliphatic heterocycles. The van der Waals surface area contributed by atoms with Gasteiger partial charge in [0.25, 0.3) is 0 Å². The van der Waals surface area contributed by atoms with Crippen LogP contribution in [-0.4, -0.2) is 36.9 Å². The van der Waals surface area contributed by atoms with Crippen LogP contribution in [0.4, 0.5) is 0 Å². The van der Waals surface area contributed by atoms with Crippen LogP contribution >= 0.6 is 0 Å². The van der Waals surface area contributed by atoms with Crippen LogP contribution in [0.3, 0.4) is 0 Å². The number of rotatable bonds is 4. The zero-order chi connectivity index (χ0) is 20.0. The SMILES string of the molecule is Cc1ccc2nc(C3CCCN3C(=O)CCn3c(C)nc4ccccc43)[nH]c2c1. The van der Waals surface area contributed by atoms with E-state index < -0.39 is 0 Å². The van der Waals surface area contributed by atoms with Crippen molar-refractivity contribution in [2.24, 2.45) is 0 Å². The van der Waals surface area contributed by atoms with Crippen molar-refractivity contribution >= 4 is 28.0 Å². The molecule has 0 bridgehead atoms. The second-order valence-corrected chi connectivity index (χ2v) is 7.94. The van der Waals surface area contributed by atoms with Gasteiger partial charge in [-0.15, -0.1) is 0 Å². The fourth-order valence-corrected chi connectivity index (χ4v) is 4.48. The molecule has 2 aromatic heterocycles. The maximum Gasteiger partial charge on any atom is 0.224 e. The number of hydrogen-bond donors (Lipinski definition) is 1. The molecule has 5 rings (SSSR count). The average molecular weight is 387 g/mol. The molecule has 2 aromatic carbocycles. The van der Waals surface area contributed by atoms with E-state index in [1.165, 1.54) is 5.56 Å². The van der Waals surface area contributed by atoms with Gasteiger partial charge in [0, 0.05) is 19.5 Å². The number of aromatic amines is 1. The number of nitrogens with one attached hydrogen (secondary N) is 1. The summed E-state index contributed by atoms with van der Waals surface area (Å²) in [4.78, 5) is 27.9. The lowest BCUT2D eigenvalue weighted by molar-refractivity contribution is -0.132. The zero-order valence-electron chi connectivity index (χ0n) is 16.9. The first-order valence-electron chi connectivity index (χ1n) is 10.3. The second kappa shape index (κ2) is 7.03. The van der Waals surface area contributed by atoms with Crippen molar-refractivity contribution in [1.82, 2.24) is 24.4 Å². The highest BCUT2D eigenvalue weighted by Gasteiger charge is 2.32. The fraction of sp³-hybridized carbons (Fsp3) is 0.348. The number of likely N-dealkylation sites (tertiary alicyclic amines) is 1. The van der Waals surface area contributed by atoms with E-state index in [1.807, 2.05) is 36.1 Å². The summed E-state index contributed by atoms with van der Waals surface area (Å²) >= 11 is 0. The molecule has 1 amide bonds. The van der Waals surface area contributed by atoms with Gasteiger partial charge >= 0.3 is 0 Å². The van der Waals surface area contributed by atoms with Crippen molar-refractivity contribution in [1.29, 1.82) is 0 Å². The summed E-state index contributed by atoms with van der Waals surface area (Å²) in [5.41, 5.74) is 5.28. The zero-order valence-corrected chi connectivity index (χ0v) is 16.9. The summed E-state index contributed by atoms with van der Waals surface area (Å²) < 4.78 is 2.14. The molecule has 148 valence electrons. The minimum atomic E-state index is 0.0378. The van der Waals surface area contributed by atoms with E-state index in [1.54, 1.807) is 0 Å². The Kier molecular flexibility index (Phi) is 4.34. The fourth-order valence-electron chi connectivity index (χ4n) is 4.48. The molecule has 0 radical (unpaired) electrons. The van der Waals surface area contributed by atoms with Gasteiger partial charge < -0.3 is 14.5 Å². The van der Waals surface area contributed by atoms with Crippen LogP contribution in [0.2, 0.25) is 0 Å². The van der Waals surface area contributed by atoms with E-state index >= 15 is 0 Å². The van der Waals surface area contributed by atoms with Gasteiger partial charge in [-0.05, 0) is 56.5 Å². The largest absolute Gasteiger partial charge is 0.340 e. The molecule has 6 heteroatoms. The lowest BCUT2D eigenvalue weighted by atomic mass is 10.2. The van der Waals surface area contributed by atoms with E-state index in [0.29, 0.717) is 13.0 Å². The molecule has 29 heavy (non-hydrogen) atoms. The van der Waals surface area contributed by atoms with E-state index in [2.05, 4.69) is 39.7 Å². The lowest BCUT2D eigenvalue weighted by Gasteiger charge is -2.23. The molecule has 3 heterocycles. The summed E-state index contributed by atoms with van der Waals surface area (Å²) in [5, 5.41) is 0. The Balaban J connectivity index is 1.35. The van der Waals surface area contributed by atoms with Crippen LogP contribution in [0.15, 0.2) is 42.5 Å². The Hall–Kier alpha value is -3.15. The quantitative estimate of drug-likeness (QED) is 0.568. The summed E-state index contributed by atoms with van der Waals surface area (Å²) in [7, 11) is 0. The first-order chi connectivity index (χ1) is 14.1. The summed E-state index contributed by atoms with van der Waals surface area (Å²) in [6, 6.07) is 14.3. The number of amides is 1. The van der Waals surface area contributed by atoms with Gasteiger partial charge in [0.1, 0.15) is 11.6 Å². The monoisotopic (exact) mass is 387 g/mol. The number of aromatic nitrogens is 4. The molecule has 1 saturated heterocycles. The van der Waals surface area contributed by atoms with Gasteiger partial charge in [-0.3, -0.25) is 4.79 Å². The Morgan fingerprint density at radius 1 is 1.14 bits per heavy atom. The number of hydrogen-bond acceptors (Lipinski definition) is 3. The van der Waals surface area contributed by atoms with Crippen LogP contribution in [0.1, 0.15) is 42.5 Å². The molecular formula is C23H25N5O. The highest BCUT2D eigenvalue weighted by molar-refractivity contribution is 5.79. The Labute approximate surface area is 169 Å². The number of carbonyl (C=O) groups is 1. The smallest absolute Gasteiger partial charge is 0.224 e. The second-order valence-electron chi connectivity index (χ2n) is 7.94. The van der Waals surface area contributed by atoms with E-state index in [-0.39, 0.29) is 11.9 Å². The number of para-hydroxylation sites is 2. The summed E-state index contributed by atoms with van der Waals surface area (Å²) in [6.07, 6.45) is 2.44. The van der Waals surface area contributed by atoms with E-state index in [0.717, 1.165) is 53.1 Å². The van der Waals surface area contributed by atoms with Gasteiger partial charge in [0.2, 0.25) is 5.91 Å². The van der Waals surface area contributed by atoms with Crippen LogP contribution < -0.4 is 0 Å². The molecule has 0 aliphatic carbocycles. The Morgan fingerprint density at radius 3 is 2.90 bits per heavy atom. The van der Waals surface area contributed by atoms with Gasteiger partial charge in [-0.25, -0.2) is 9.97 Å². The maximum atomic E-state index is 13.1. The Bertz CT molecular complexity index is 1200. The molecule has 0 spiro atoms. The van der Waals surface area contributed by atoms with Crippen LogP contribution in [-0.2, 0) is 11.3 Å². The third-order valence-electron chi connectivity index (χ3n) is 5.94. The molecular weight excluding hydrogens is 362 g/mol. The third kappa shape index (κ3) is 3.18. The van der Waals surface area contributed by atoms with Crippen molar-refractivity contribution in [2.75, 3.05) is 6.54 Å². The number of benzene rings is 2. The van der Waals surface area contributed by atoms with Crippen LogP contribution in [0.5, 0.6) is 0 Å². The number of aryl methyl sites for hydroxylation is 3. The average Bonchev–Trinajstić information content (AvgIpc) is 3.41. The minimum absolute atomic E-state index is 0.0378. The lowest BCUT2D eigenvalue weighted by Crippen LogP contribution is -2.31. The van der Waals surface area contributed by atoms with Crippen molar-refractivity contribution in [3.05, 3.63) is 59.7 Å². The van der Waals surface area contributed by atoms with Crippen molar-refractivity contribution in [3.63, 3.8) is 0 Å². The predicted molar refractivity (Wildman–Crippen MR) is 114 cm³/mol. The predicted octanol–water partition coefficient (Wildman–Crippen LogP) is 4.28. The number of fused-ring (bicyclic) bond motifs is 2. The maximum absolute atomic E-state index is 13.1. The molecule has 0 saturated carbocycles. The molecule has 1 aliphatic rings. The first kappa shape index (κ1) is 17.9. The molecule has 1 atom stereocenters. The van der Waals surface area contributed by atoms with Crippen molar-refractivity contribution in [2.45, 2.75) is 45.7 Å². The van der Waals surface area contributed by atoms with E-state index in [9.17, 15) is 4.79 Å². The summed E-state index contributed by atoms with van der Waals surface area (Å²) in [5.74, 6) is 2.03. The number of imidazole rings is 2. The normalized spacial score (nSPS) is 16.9. The standard InChI is InChI=1S/C23H25N5O/c1-15-9-10-17-19(14-15)26-23(25-17)21-8-5-12-28(21)22(29)11-13-27-16(2)24-18-6-3-4-7-20(18)27/h3-4,6-7,9-10,14,21H,5,8,11-13H2,1-2H3,(H,25,26). The number of H-pyrrole nitrogens is 1. The molecule has 6 nitrogen and oxygen atoms in total. The molecule has 4 aromatic rings. The van der Waals surface area contributed by atoms with Gasteiger partial charge in [0.05, 0.1) is 28.1 Å². The topological polar surface area (TPSA) is 66.8 Å². The van der Waals surface area contributed by atoms with Gasteiger partial charge in [0.15, 0.2) is 0 Å². The van der Waals surface area contributed by atoms with Crippen LogP contribution in [0.25, 0.3) is 22.1 Å². The first-order valence-corrected chi connectivity index (χ1v) is 10.3. The molecule has 1 unspecified atom stereocenters. The van der Waals surface area contributed by atoms with Gasteiger partial charge in [-0.1, -0.05) is 18.2 Å². The van der Waals surface area contributed by atoms with Crippen molar-refractivity contribution in [3.8, 4) is 0 Å². The molecule has 1 fully saturated rings. The van der Waals surface area contributed by atoms with Crippen molar-refractivity contribution < 1.29 is 4.79 Å². The van der Waals surface area contributed by atoms with Gasteiger partial charge in [-0.2, -0.15) is 0 Å². The number of nitrogens with zero attached hydrogens (tertiary/aromatic N) is 4. The minimum Gasteiger partial charge on any atom is -0.340 e. The highest BCUT2D eigenvalue weighted by Crippen LogP contribution is 2.32.